The molecule has 0 fully saturated rings. The molecule has 74 valence electrons. The van der Waals surface area contributed by atoms with Gasteiger partial charge >= 0.3 is 0 Å². The molecule has 0 amide bonds. The van der Waals surface area contributed by atoms with E-state index in [9.17, 15) is 4.39 Å². The first kappa shape index (κ1) is 9.99. The fraction of sp³-hybridized carbons (Fsp3) is 0.273. The van der Waals surface area contributed by atoms with Crippen LogP contribution in [0.25, 0.3) is 10.1 Å². The van der Waals surface area contributed by atoms with Crippen LogP contribution in [0.2, 0.25) is 0 Å². The van der Waals surface area contributed by atoms with Gasteiger partial charge in [-0.2, -0.15) is 4.39 Å². The highest BCUT2D eigenvalue weighted by Crippen LogP contribution is 2.36. The molecule has 1 heterocycles. The van der Waals surface area contributed by atoms with Crippen LogP contribution in [0.1, 0.15) is 12.5 Å². The maximum absolute atomic E-state index is 13.4. The van der Waals surface area contributed by atoms with Crippen molar-refractivity contribution in [3.63, 3.8) is 0 Å². The molecule has 0 spiro atoms. The van der Waals surface area contributed by atoms with E-state index in [-0.39, 0.29) is 5.13 Å². The Balaban J connectivity index is 2.71. The van der Waals surface area contributed by atoms with Gasteiger partial charge in [0.2, 0.25) is 0 Å². The Morgan fingerprint density at radius 3 is 2.86 bits per heavy atom. The summed E-state index contributed by atoms with van der Waals surface area (Å²) in [6.45, 7) is 2.11. The molecule has 2 aromatic rings. The minimum Gasteiger partial charge on any atom is -0.194 e. The summed E-state index contributed by atoms with van der Waals surface area (Å²) in [5, 5.41) is 1.01. The van der Waals surface area contributed by atoms with Gasteiger partial charge in [0.05, 0.1) is 4.90 Å². The standard InChI is InChI=1S/C11H11FS2/c1-3-7-4-5-9-8(6-7)10(13-2)11(12)14-9/h4-6H,3H2,1-2H3. The highest BCUT2D eigenvalue weighted by Gasteiger charge is 2.10. The predicted octanol–water partition coefficient (Wildman–Crippen LogP) is 4.32. The van der Waals surface area contributed by atoms with E-state index in [1.54, 1.807) is 0 Å². The van der Waals surface area contributed by atoms with E-state index < -0.39 is 0 Å². The predicted molar refractivity (Wildman–Crippen MR) is 62.9 cm³/mol. The summed E-state index contributed by atoms with van der Waals surface area (Å²) in [6.07, 6.45) is 2.92. The zero-order chi connectivity index (χ0) is 10.1. The molecule has 3 heteroatoms. The van der Waals surface area contributed by atoms with Crippen LogP contribution in [0.5, 0.6) is 0 Å². The van der Waals surface area contributed by atoms with E-state index in [1.165, 1.54) is 28.7 Å². The zero-order valence-corrected chi connectivity index (χ0v) is 9.77. The molecule has 0 radical (unpaired) electrons. The lowest BCUT2D eigenvalue weighted by molar-refractivity contribution is 0.636. The Morgan fingerprint density at radius 1 is 1.43 bits per heavy atom. The third-order valence-electron chi connectivity index (χ3n) is 2.28. The van der Waals surface area contributed by atoms with Crippen LogP contribution >= 0.6 is 23.1 Å². The average molecular weight is 226 g/mol. The second-order valence-electron chi connectivity index (χ2n) is 3.09. The van der Waals surface area contributed by atoms with Gasteiger partial charge in [-0.15, -0.1) is 23.1 Å². The van der Waals surface area contributed by atoms with E-state index in [1.807, 2.05) is 12.3 Å². The van der Waals surface area contributed by atoms with Crippen LogP contribution in [-0.4, -0.2) is 6.26 Å². The molecule has 0 atom stereocenters. The van der Waals surface area contributed by atoms with Crippen LogP contribution in [0.4, 0.5) is 4.39 Å². The van der Waals surface area contributed by atoms with E-state index in [2.05, 4.69) is 19.1 Å². The van der Waals surface area contributed by atoms with Gasteiger partial charge in [0, 0.05) is 10.1 Å². The minimum absolute atomic E-state index is 0.0549. The van der Waals surface area contributed by atoms with Gasteiger partial charge in [-0.05, 0) is 30.4 Å². The molecule has 0 N–H and O–H groups in total. The van der Waals surface area contributed by atoms with Gasteiger partial charge in [0.1, 0.15) is 0 Å². The number of hydrogen-bond acceptors (Lipinski definition) is 2. The summed E-state index contributed by atoms with van der Waals surface area (Å²) >= 11 is 2.72. The number of hydrogen-bond donors (Lipinski definition) is 0. The summed E-state index contributed by atoms with van der Waals surface area (Å²) in [6, 6.07) is 6.19. The lowest BCUT2D eigenvalue weighted by atomic mass is 10.1. The molecule has 2 rings (SSSR count). The topological polar surface area (TPSA) is 0 Å². The summed E-state index contributed by atoms with van der Waals surface area (Å²) in [4.78, 5) is 0.792. The van der Waals surface area contributed by atoms with Crippen molar-refractivity contribution in [2.75, 3.05) is 6.26 Å². The Bertz CT molecular complexity index is 460. The van der Waals surface area contributed by atoms with Crippen molar-refractivity contribution >= 4 is 33.2 Å². The average Bonchev–Trinajstić information content (AvgIpc) is 2.52. The molecule has 0 aliphatic rings. The summed E-state index contributed by atoms with van der Waals surface area (Å²) < 4.78 is 14.5. The number of fused-ring (bicyclic) bond motifs is 1. The minimum atomic E-state index is -0.0549. The van der Waals surface area contributed by atoms with Crippen LogP contribution in [0.15, 0.2) is 23.1 Å². The molecule has 0 unspecified atom stereocenters. The lowest BCUT2D eigenvalue weighted by Crippen LogP contribution is -1.78. The van der Waals surface area contributed by atoms with Gasteiger partial charge in [-0.25, -0.2) is 0 Å². The van der Waals surface area contributed by atoms with Crippen LogP contribution in [-0.2, 0) is 6.42 Å². The molecule has 1 aromatic carbocycles. The van der Waals surface area contributed by atoms with Crippen molar-refractivity contribution in [1.82, 2.24) is 0 Å². The van der Waals surface area contributed by atoms with Gasteiger partial charge in [0.25, 0.3) is 0 Å². The van der Waals surface area contributed by atoms with Crippen molar-refractivity contribution in [2.24, 2.45) is 0 Å². The zero-order valence-electron chi connectivity index (χ0n) is 8.13. The Morgan fingerprint density at radius 2 is 2.21 bits per heavy atom. The van der Waals surface area contributed by atoms with E-state index in [0.29, 0.717) is 0 Å². The SMILES string of the molecule is CCc1ccc2sc(F)c(SC)c2c1. The molecule has 0 aliphatic carbocycles. The monoisotopic (exact) mass is 226 g/mol. The van der Waals surface area contributed by atoms with Crippen LogP contribution in [0.3, 0.4) is 0 Å². The smallest absolute Gasteiger partial charge is 0.191 e. The van der Waals surface area contributed by atoms with Crippen molar-refractivity contribution in [2.45, 2.75) is 18.2 Å². The van der Waals surface area contributed by atoms with Crippen LogP contribution < -0.4 is 0 Å². The summed E-state index contributed by atoms with van der Waals surface area (Å²) in [7, 11) is 0. The molecule has 0 bridgehead atoms. The van der Waals surface area contributed by atoms with E-state index >= 15 is 0 Å². The Hall–Kier alpha value is -0.540. The number of benzene rings is 1. The third-order valence-corrected chi connectivity index (χ3v) is 4.17. The molecule has 14 heavy (non-hydrogen) atoms. The van der Waals surface area contributed by atoms with E-state index in [4.69, 9.17) is 0 Å². The van der Waals surface area contributed by atoms with Crippen LogP contribution in [0, 0.1) is 5.13 Å². The fourth-order valence-electron chi connectivity index (χ4n) is 1.50. The van der Waals surface area contributed by atoms with E-state index in [0.717, 1.165) is 21.4 Å². The van der Waals surface area contributed by atoms with Gasteiger partial charge < -0.3 is 0 Å². The maximum atomic E-state index is 13.4. The number of halogens is 1. The molecule has 0 nitrogen and oxygen atoms in total. The normalized spacial score (nSPS) is 11.1. The lowest BCUT2D eigenvalue weighted by Gasteiger charge is -1.97. The molecular weight excluding hydrogens is 215 g/mol. The van der Waals surface area contributed by atoms with Crippen molar-refractivity contribution in [1.29, 1.82) is 0 Å². The van der Waals surface area contributed by atoms with Gasteiger partial charge in [0.15, 0.2) is 5.13 Å². The third kappa shape index (κ3) is 1.55. The van der Waals surface area contributed by atoms with Crippen molar-refractivity contribution < 1.29 is 4.39 Å². The highest BCUT2D eigenvalue weighted by atomic mass is 32.2. The summed E-state index contributed by atoms with van der Waals surface area (Å²) in [5.41, 5.74) is 1.27. The molecule has 0 saturated carbocycles. The fourth-order valence-corrected chi connectivity index (χ4v) is 3.29. The number of thioether (sulfide) groups is 1. The Kier molecular flexibility index (Phi) is 2.79. The molecule has 0 saturated heterocycles. The molecule has 0 aliphatic heterocycles. The maximum Gasteiger partial charge on any atom is 0.191 e. The first-order valence-electron chi connectivity index (χ1n) is 4.51. The molecular formula is C11H11FS2. The highest BCUT2D eigenvalue weighted by molar-refractivity contribution is 7.99. The first-order valence-corrected chi connectivity index (χ1v) is 6.55. The Labute approximate surface area is 91.1 Å². The number of thiophene rings is 1. The van der Waals surface area contributed by atoms with Gasteiger partial charge in [-0.3, -0.25) is 0 Å². The quantitative estimate of drug-likeness (QED) is 0.687. The van der Waals surface area contributed by atoms with Gasteiger partial charge in [-0.1, -0.05) is 13.0 Å². The van der Waals surface area contributed by atoms with Crippen molar-refractivity contribution in [3.05, 3.63) is 28.9 Å². The number of rotatable bonds is 2. The largest absolute Gasteiger partial charge is 0.194 e. The second-order valence-corrected chi connectivity index (χ2v) is 4.91. The number of aryl methyl sites for hydroxylation is 1. The molecule has 1 aromatic heterocycles. The first-order chi connectivity index (χ1) is 6.76. The van der Waals surface area contributed by atoms with Crippen molar-refractivity contribution in [3.8, 4) is 0 Å². The second kappa shape index (κ2) is 3.91. The summed E-state index contributed by atoms with van der Waals surface area (Å²) in [5.74, 6) is 0.